The Kier molecular flexibility index (Phi) is 3.02. The van der Waals surface area contributed by atoms with Gasteiger partial charge >= 0.3 is 0 Å². The highest BCUT2D eigenvalue weighted by Gasteiger charge is 2.14. The summed E-state index contributed by atoms with van der Waals surface area (Å²) in [6.45, 7) is 0. The third-order valence-electron chi connectivity index (χ3n) is 3.04. The van der Waals surface area contributed by atoms with Crippen LogP contribution in [0.25, 0.3) is 0 Å². The largest absolute Gasteiger partial charge is 0.461 e. The van der Waals surface area contributed by atoms with Crippen LogP contribution in [0.5, 0.6) is 0 Å². The molecule has 1 aliphatic rings. The minimum absolute atomic E-state index is 0.454. The predicted octanol–water partition coefficient (Wildman–Crippen LogP) is 3.21. The van der Waals surface area contributed by atoms with E-state index in [-0.39, 0.29) is 0 Å². The summed E-state index contributed by atoms with van der Waals surface area (Å²) in [7, 11) is 0. The average Bonchev–Trinajstić information content (AvgIpc) is 2.67. The first-order chi connectivity index (χ1) is 6.88. The third kappa shape index (κ3) is 2.25. The van der Waals surface area contributed by atoms with Gasteiger partial charge in [0, 0.05) is 0 Å². The van der Waals surface area contributed by atoms with Crippen molar-refractivity contribution in [2.45, 2.75) is 38.5 Å². The quantitative estimate of drug-likeness (QED) is 0.688. The molecular formula is C12H16O2. The molecular weight excluding hydrogens is 176 g/mol. The van der Waals surface area contributed by atoms with Crippen molar-refractivity contribution in [3.63, 3.8) is 0 Å². The Bertz CT molecular complexity index is 295. The molecule has 0 spiro atoms. The second-order valence-corrected chi connectivity index (χ2v) is 4.18. The Balaban J connectivity index is 1.92. The summed E-state index contributed by atoms with van der Waals surface area (Å²) in [6, 6.07) is 1.86. The van der Waals surface area contributed by atoms with Gasteiger partial charge in [0.05, 0.1) is 6.26 Å². The molecule has 0 bridgehead atoms. The van der Waals surface area contributed by atoms with E-state index in [1.807, 2.05) is 6.07 Å². The van der Waals surface area contributed by atoms with E-state index in [2.05, 4.69) is 0 Å². The maximum atomic E-state index is 10.4. The first-order valence-electron chi connectivity index (χ1n) is 5.41. The van der Waals surface area contributed by atoms with E-state index in [0.717, 1.165) is 18.6 Å². The van der Waals surface area contributed by atoms with Gasteiger partial charge in [-0.25, -0.2) is 0 Å². The molecule has 14 heavy (non-hydrogen) atoms. The first kappa shape index (κ1) is 9.50. The van der Waals surface area contributed by atoms with Crippen molar-refractivity contribution in [3.05, 3.63) is 23.7 Å². The minimum atomic E-state index is 0.454. The van der Waals surface area contributed by atoms with Crippen LogP contribution in [0.4, 0.5) is 0 Å². The fraction of sp³-hybridized carbons (Fsp3) is 0.583. The summed E-state index contributed by atoms with van der Waals surface area (Å²) in [5.74, 6) is 1.26. The summed E-state index contributed by atoms with van der Waals surface area (Å²) >= 11 is 0. The molecule has 0 radical (unpaired) electrons. The van der Waals surface area contributed by atoms with E-state index < -0.39 is 0 Å². The van der Waals surface area contributed by atoms with Crippen molar-refractivity contribution in [2.75, 3.05) is 0 Å². The molecule has 1 saturated carbocycles. The van der Waals surface area contributed by atoms with Crippen LogP contribution in [0.3, 0.4) is 0 Å². The maximum absolute atomic E-state index is 10.4. The van der Waals surface area contributed by atoms with Gasteiger partial charge < -0.3 is 4.42 Å². The molecule has 2 heteroatoms. The smallest absolute Gasteiger partial charge is 0.185 e. The highest BCUT2D eigenvalue weighted by Crippen LogP contribution is 2.27. The molecule has 0 unspecified atom stereocenters. The Hall–Kier alpha value is -1.05. The minimum Gasteiger partial charge on any atom is -0.461 e. The molecule has 0 aliphatic heterocycles. The summed E-state index contributed by atoms with van der Waals surface area (Å²) in [5, 5.41) is 0. The molecule has 1 aromatic heterocycles. The molecule has 1 aliphatic carbocycles. The molecule has 0 atom stereocenters. The third-order valence-corrected chi connectivity index (χ3v) is 3.04. The van der Waals surface area contributed by atoms with Crippen LogP contribution in [0, 0.1) is 5.92 Å². The number of aldehydes is 1. The Morgan fingerprint density at radius 2 is 2.14 bits per heavy atom. The summed E-state index contributed by atoms with van der Waals surface area (Å²) in [5.41, 5.74) is 1.18. The zero-order chi connectivity index (χ0) is 9.80. The van der Waals surface area contributed by atoms with Gasteiger partial charge in [-0.3, -0.25) is 4.79 Å². The van der Waals surface area contributed by atoms with Gasteiger partial charge in [-0.05, 0) is 24.0 Å². The molecule has 76 valence electrons. The van der Waals surface area contributed by atoms with Crippen molar-refractivity contribution in [1.82, 2.24) is 0 Å². The van der Waals surface area contributed by atoms with Crippen LogP contribution in [0.15, 0.2) is 16.7 Å². The molecule has 2 rings (SSSR count). The lowest BCUT2D eigenvalue weighted by Gasteiger charge is -2.20. The lowest BCUT2D eigenvalue weighted by Crippen LogP contribution is -2.08. The van der Waals surface area contributed by atoms with Gasteiger partial charge in [0.2, 0.25) is 0 Å². The predicted molar refractivity (Wildman–Crippen MR) is 54.4 cm³/mol. The number of carbonyl (C=O) groups excluding carboxylic acids is 1. The SMILES string of the molecule is O=Cc1cc(CC2CCCCC2)co1. The monoisotopic (exact) mass is 192 g/mol. The van der Waals surface area contributed by atoms with Crippen LogP contribution in [0.2, 0.25) is 0 Å². The van der Waals surface area contributed by atoms with Gasteiger partial charge in [-0.1, -0.05) is 32.1 Å². The van der Waals surface area contributed by atoms with Crippen molar-refractivity contribution in [3.8, 4) is 0 Å². The van der Waals surface area contributed by atoms with Crippen molar-refractivity contribution < 1.29 is 9.21 Å². The fourth-order valence-corrected chi connectivity index (χ4v) is 2.29. The van der Waals surface area contributed by atoms with Crippen LogP contribution >= 0.6 is 0 Å². The second-order valence-electron chi connectivity index (χ2n) is 4.18. The second kappa shape index (κ2) is 4.45. The van der Waals surface area contributed by atoms with Gasteiger partial charge in [-0.2, -0.15) is 0 Å². The van der Waals surface area contributed by atoms with Crippen LogP contribution in [-0.4, -0.2) is 6.29 Å². The van der Waals surface area contributed by atoms with E-state index in [4.69, 9.17) is 4.42 Å². The average molecular weight is 192 g/mol. The number of hydrogen-bond acceptors (Lipinski definition) is 2. The van der Waals surface area contributed by atoms with E-state index in [0.29, 0.717) is 5.76 Å². The highest BCUT2D eigenvalue weighted by atomic mass is 16.3. The Morgan fingerprint density at radius 1 is 1.36 bits per heavy atom. The van der Waals surface area contributed by atoms with E-state index in [1.54, 1.807) is 6.26 Å². The lowest BCUT2D eigenvalue weighted by atomic mass is 9.85. The molecule has 0 saturated heterocycles. The maximum Gasteiger partial charge on any atom is 0.185 e. The van der Waals surface area contributed by atoms with Gasteiger partial charge in [0.25, 0.3) is 0 Å². The Labute approximate surface area is 84.3 Å². The number of rotatable bonds is 3. The fourth-order valence-electron chi connectivity index (χ4n) is 2.29. The van der Waals surface area contributed by atoms with Crippen LogP contribution in [-0.2, 0) is 6.42 Å². The summed E-state index contributed by atoms with van der Waals surface area (Å²) < 4.78 is 5.09. The number of furan rings is 1. The first-order valence-corrected chi connectivity index (χ1v) is 5.41. The van der Waals surface area contributed by atoms with Crippen LogP contribution < -0.4 is 0 Å². The number of carbonyl (C=O) groups is 1. The van der Waals surface area contributed by atoms with E-state index in [9.17, 15) is 4.79 Å². The van der Waals surface area contributed by atoms with E-state index in [1.165, 1.54) is 37.7 Å². The molecule has 0 N–H and O–H groups in total. The summed E-state index contributed by atoms with van der Waals surface area (Å²) in [6.07, 6.45) is 10.4. The molecule has 2 nitrogen and oxygen atoms in total. The highest BCUT2D eigenvalue weighted by molar-refractivity contribution is 5.70. The van der Waals surface area contributed by atoms with Gasteiger partial charge in [0.15, 0.2) is 12.0 Å². The molecule has 1 aromatic rings. The topological polar surface area (TPSA) is 30.2 Å². The zero-order valence-electron chi connectivity index (χ0n) is 8.37. The van der Waals surface area contributed by atoms with Crippen molar-refractivity contribution in [2.24, 2.45) is 5.92 Å². The molecule has 1 fully saturated rings. The van der Waals surface area contributed by atoms with Crippen molar-refractivity contribution in [1.29, 1.82) is 0 Å². The standard InChI is InChI=1S/C12H16O2/c13-8-12-7-11(9-14-12)6-10-4-2-1-3-5-10/h7-10H,1-6H2. The zero-order valence-corrected chi connectivity index (χ0v) is 8.37. The molecule has 0 amide bonds. The van der Waals surface area contributed by atoms with Gasteiger partial charge in [-0.15, -0.1) is 0 Å². The molecule has 0 aromatic carbocycles. The lowest BCUT2D eigenvalue weighted by molar-refractivity contribution is 0.110. The summed E-state index contributed by atoms with van der Waals surface area (Å²) in [4.78, 5) is 10.4. The van der Waals surface area contributed by atoms with E-state index >= 15 is 0 Å². The number of hydrogen-bond donors (Lipinski definition) is 0. The van der Waals surface area contributed by atoms with Crippen LogP contribution in [0.1, 0.15) is 48.2 Å². The normalized spacial score (nSPS) is 18.3. The van der Waals surface area contributed by atoms with Crippen molar-refractivity contribution >= 4 is 6.29 Å². The Morgan fingerprint density at radius 3 is 2.79 bits per heavy atom. The molecule has 1 heterocycles. The van der Waals surface area contributed by atoms with Gasteiger partial charge in [0.1, 0.15) is 0 Å².